The van der Waals surface area contributed by atoms with Crippen LogP contribution < -0.4 is 4.90 Å². The molecule has 0 saturated carbocycles. The fourth-order valence-electron chi connectivity index (χ4n) is 3.74. The molecule has 0 aliphatic carbocycles. The summed E-state index contributed by atoms with van der Waals surface area (Å²) in [4.78, 5) is 41.8. The first-order valence-electron chi connectivity index (χ1n) is 9.80. The van der Waals surface area contributed by atoms with Crippen molar-refractivity contribution in [2.75, 3.05) is 11.9 Å². The highest BCUT2D eigenvalue weighted by Crippen LogP contribution is 2.31. The molecule has 4 rings (SSSR count). The summed E-state index contributed by atoms with van der Waals surface area (Å²) in [5.74, 6) is -0.976. The third kappa shape index (κ3) is 3.18. The van der Waals surface area contributed by atoms with Crippen LogP contribution in [0.3, 0.4) is 0 Å². The summed E-state index contributed by atoms with van der Waals surface area (Å²) in [7, 11) is 1.74. The molecule has 1 atom stereocenters. The maximum absolute atomic E-state index is 13.1. The second-order valence-corrected chi connectivity index (χ2v) is 7.50. The molecule has 3 aromatic carbocycles. The minimum Gasteiger partial charge on any atom is -0.335 e. The van der Waals surface area contributed by atoms with Gasteiger partial charge in [0.15, 0.2) is 0 Å². The topological polar surface area (TPSA) is 57.7 Å². The molecule has 1 aliphatic heterocycles. The van der Waals surface area contributed by atoms with E-state index < -0.39 is 5.91 Å². The Morgan fingerprint density at radius 3 is 2.20 bits per heavy atom. The Morgan fingerprint density at radius 1 is 0.867 bits per heavy atom. The van der Waals surface area contributed by atoms with E-state index in [0.717, 1.165) is 11.1 Å². The maximum Gasteiger partial charge on any atom is 0.266 e. The number of hydrogen-bond acceptors (Lipinski definition) is 3. The van der Waals surface area contributed by atoms with Crippen molar-refractivity contribution in [1.82, 2.24) is 4.90 Å². The predicted molar refractivity (Wildman–Crippen MR) is 116 cm³/mol. The van der Waals surface area contributed by atoms with Gasteiger partial charge >= 0.3 is 0 Å². The van der Waals surface area contributed by atoms with E-state index in [2.05, 4.69) is 0 Å². The van der Waals surface area contributed by atoms with Gasteiger partial charge in [-0.25, -0.2) is 4.90 Å². The lowest BCUT2D eigenvalue weighted by atomic mass is 10.0. The quantitative estimate of drug-likeness (QED) is 0.602. The van der Waals surface area contributed by atoms with Gasteiger partial charge in [-0.3, -0.25) is 14.4 Å². The van der Waals surface area contributed by atoms with Gasteiger partial charge in [0.05, 0.1) is 22.9 Å². The van der Waals surface area contributed by atoms with Gasteiger partial charge in [0, 0.05) is 12.6 Å². The minimum absolute atomic E-state index is 0.132. The van der Waals surface area contributed by atoms with Crippen LogP contribution in [-0.2, 0) is 0 Å². The highest BCUT2D eigenvalue weighted by molar-refractivity contribution is 6.35. The van der Waals surface area contributed by atoms with Crippen molar-refractivity contribution in [2.45, 2.75) is 19.9 Å². The number of nitrogens with zero attached hydrogens (tertiary/aromatic N) is 2. The molecule has 30 heavy (non-hydrogen) atoms. The Bertz CT molecular complexity index is 1150. The summed E-state index contributed by atoms with van der Waals surface area (Å²) in [5, 5.41) is 0. The number of amides is 3. The first-order chi connectivity index (χ1) is 14.4. The molecule has 0 fully saturated rings. The van der Waals surface area contributed by atoms with Crippen molar-refractivity contribution in [3.8, 4) is 0 Å². The first-order valence-corrected chi connectivity index (χ1v) is 9.80. The lowest BCUT2D eigenvalue weighted by Gasteiger charge is -2.25. The van der Waals surface area contributed by atoms with Crippen LogP contribution >= 0.6 is 0 Å². The number of fused-ring (bicyclic) bond motifs is 1. The number of aryl methyl sites for hydroxylation is 1. The fourth-order valence-corrected chi connectivity index (χ4v) is 3.74. The Labute approximate surface area is 175 Å². The average Bonchev–Trinajstić information content (AvgIpc) is 3.02. The standard InChI is InChI=1S/C25H22N2O3/c1-16-9-7-8-12-22(16)27-24(29)20-14-13-19(15-21(20)25(27)30)23(28)26(3)17(2)18-10-5-4-6-11-18/h4-15,17H,1-3H3. The minimum atomic E-state index is -0.405. The lowest BCUT2D eigenvalue weighted by Crippen LogP contribution is -2.30. The van der Waals surface area contributed by atoms with Crippen LogP contribution in [0.15, 0.2) is 72.8 Å². The zero-order valence-corrected chi connectivity index (χ0v) is 17.1. The van der Waals surface area contributed by atoms with Crippen LogP contribution in [0.25, 0.3) is 0 Å². The van der Waals surface area contributed by atoms with Crippen LogP contribution in [0.5, 0.6) is 0 Å². The molecule has 0 spiro atoms. The molecule has 1 heterocycles. The molecule has 3 amide bonds. The molecule has 0 saturated heterocycles. The first kappa shape index (κ1) is 19.6. The highest BCUT2D eigenvalue weighted by atomic mass is 16.2. The molecule has 5 heteroatoms. The smallest absolute Gasteiger partial charge is 0.266 e. The van der Waals surface area contributed by atoms with Crippen LogP contribution in [0.2, 0.25) is 0 Å². The molecule has 150 valence electrons. The van der Waals surface area contributed by atoms with Gasteiger partial charge in [-0.05, 0) is 49.2 Å². The second-order valence-electron chi connectivity index (χ2n) is 7.50. The number of carbonyl (C=O) groups excluding carboxylic acids is 3. The van der Waals surface area contributed by atoms with Gasteiger partial charge in [-0.2, -0.15) is 0 Å². The number of benzene rings is 3. The Balaban J connectivity index is 1.65. The van der Waals surface area contributed by atoms with Crippen LogP contribution in [0.4, 0.5) is 5.69 Å². The van der Waals surface area contributed by atoms with E-state index in [9.17, 15) is 14.4 Å². The van der Waals surface area contributed by atoms with Gasteiger partial charge < -0.3 is 4.90 Å². The lowest BCUT2D eigenvalue weighted by molar-refractivity contribution is 0.0742. The molecule has 0 N–H and O–H groups in total. The predicted octanol–water partition coefficient (Wildman–Crippen LogP) is 4.63. The maximum atomic E-state index is 13.1. The molecular weight excluding hydrogens is 376 g/mol. The molecule has 1 aliphatic rings. The zero-order chi connectivity index (χ0) is 21.4. The van der Waals surface area contributed by atoms with Crippen molar-refractivity contribution in [3.63, 3.8) is 0 Å². The summed E-state index contributed by atoms with van der Waals surface area (Å²) in [5.41, 5.74) is 3.37. The monoisotopic (exact) mass is 398 g/mol. The fraction of sp³-hybridized carbons (Fsp3) is 0.160. The summed E-state index contributed by atoms with van der Waals surface area (Å²) in [6.45, 7) is 3.81. The number of imide groups is 1. The van der Waals surface area contributed by atoms with Gasteiger partial charge in [0.2, 0.25) is 0 Å². The normalized spacial score (nSPS) is 13.9. The molecular formula is C25H22N2O3. The third-order valence-electron chi connectivity index (χ3n) is 5.67. The van der Waals surface area contributed by atoms with Crippen molar-refractivity contribution in [1.29, 1.82) is 0 Å². The number of hydrogen-bond donors (Lipinski definition) is 0. The Hall–Kier alpha value is -3.73. The number of rotatable bonds is 4. The highest BCUT2D eigenvalue weighted by Gasteiger charge is 2.38. The average molecular weight is 398 g/mol. The van der Waals surface area contributed by atoms with Crippen molar-refractivity contribution >= 4 is 23.4 Å². The zero-order valence-electron chi connectivity index (χ0n) is 17.1. The third-order valence-corrected chi connectivity index (χ3v) is 5.67. The molecule has 0 aromatic heterocycles. The van der Waals surface area contributed by atoms with E-state index in [1.165, 1.54) is 11.0 Å². The molecule has 1 unspecified atom stereocenters. The van der Waals surface area contributed by atoms with Crippen LogP contribution in [-0.4, -0.2) is 29.7 Å². The van der Waals surface area contributed by atoms with Crippen LogP contribution in [0.1, 0.15) is 55.2 Å². The largest absolute Gasteiger partial charge is 0.335 e. The van der Waals surface area contributed by atoms with Gasteiger partial charge in [-0.15, -0.1) is 0 Å². The molecule has 0 radical (unpaired) electrons. The second kappa shape index (κ2) is 7.59. The summed E-state index contributed by atoms with van der Waals surface area (Å²) < 4.78 is 0. The van der Waals surface area contributed by atoms with E-state index in [0.29, 0.717) is 16.8 Å². The van der Waals surface area contributed by atoms with Gasteiger partial charge in [0.1, 0.15) is 0 Å². The van der Waals surface area contributed by atoms with Crippen molar-refractivity contribution in [2.24, 2.45) is 0 Å². The number of carbonyl (C=O) groups is 3. The van der Waals surface area contributed by atoms with Crippen molar-refractivity contribution < 1.29 is 14.4 Å². The summed E-state index contributed by atoms with van der Waals surface area (Å²) in [6.07, 6.45) is 0. The summed E-state index contributed by atoms with van der Waals surface area (Å²) >= 11 is 0. The summed E-state index contributed by atoms with van der Waals surface area (Å²) in [6, 6.07) is 21.6. The number of para-hydroxylation sites is 1. The van der Waals surface area contributed by atoms with Crippen LogP contribution in [0, 0.1) is 6.92 Å². The number of anilines is 1. The Morgan fingerprint density at radius 2 is 1.50 bits per heavy atom. The molecule has 3 aromatic rings. The van der Waals surface area contributed by atoms with Gasteiger partial charge in [-0.1, -0.05) is 48.5 Å². The van der Waals surface area contributed by atoms with E-state index in [1.807, 2.05) is 56.3 Å². The van der Waals surface area contributed by atoms with E-state index in [4.69, 9.17) is 0 Å². The van der Waals surface area contributed by atoms with E-state index >= 15 is 0 Å². The van der Waals surface area contributed by atoms with E-state index in [-0.39, 0.29) is 23.4 Å². The molecule has 5 nitrogen and oxygen atoms in total. The Kier molecular flexibility index (Phi) is 4.96. The SMILES string of the molecule is Cc1ccccc1N1C(=O)c2ccc(C(=O)N(C)C(C)c3ccccc3)cc2C1=O. The van der Waals surface area contributed by atoms with Gasteiger partial charge in [0.25, 0.3) is 17.7 Å². The van der Waals surface area contributed by atoms with Crippen molar-refractivity contribution in [3.05, 3.63) is 101 Å². The molecule has 0 bridgehead atoms. The van der Waals surface area contributed by atoms with E-state index in [1.54, 1.807) is 36.2 Å².